The average molecular weight is 294 g/mol. The zero-order chi connectivity index (χ0) is 10.1. The molecule has 0 heterocycles. The second-order valence-electron chi connectivity index (χ2n) is 2.82. The molecule has 0 aliphatic carbocycles. The van der Waals surface area contributed by atoms with Gasteiger partial charge in [0.1, 0.15) is 0 Å². The van der Waals surface area contributed by atoms with Gasteiger partial charge < -0.3 is 5.11 Å². The molecule has 1 atom stereocenters. The third kappa shape index (κ3) is 2.18. The minimum Gasteiger partial charge on any atom is -0.479 e. The van der Waals surface area contributed by atoms with Gasteiger partial charge in [0.05, 0.1) is 0 Å². The van der Waals surface area contributed by atoms with E-state index < -0.39 is 11.6 Å². The average Bonchev–Trinajstić information content (AvgIpc) is 2.04. The van der Waals surface area contributed by atoms with Crippen LogP contribution >= 0.6 is 22.6 Å². The van der Waals surface area contributed by atoms with E-state index in [9.17, 15) is 9.18 Å². The van der Waals surface area contributed by atoms with Crippen LogP contribution in [0.3, 0.4) is 0 Å². The summed E-state index contributed by atoms with van der Waals surface area (Å²) in [5.74, 6) is -1.46. The number of hydrogen-bond acceptors (Lipinski definition) is 1. The molecule has 0 fully saturated rings. The van der Waals surface area contributed by atoms with Crippen LogP contribution in [0.4, 0.5) is 4.39 Å². The van der Waals surface area contributed by atoms with Crippen molar-refractivity contribution >= 4 is 28.6 Å². The summed E-state index contributed by atoms with van der Waals surface area (Å²) in [4.78, 5) is 10.5. The van der Waals surface area contributed by atoms with Gasteiger partial charge in [0.2, 0.25) is 5.67 Å². The van der Waals surface area contributed by atoms with Gasteiger partial charge in [-0.1, -0.05) is 12.1 Å². The molecule has 1 rings (SSSR count). The van der Waals surface area contributed by atoms with Crippen LogP contribution < -0.4 is 0 Å². The van der Waals surface area contributed by atoms with Crippen molar-refractivity contribution in [3.63, 3.8) is 0 Å². The fourth-order valence-electron chi connectivity index (χ4n) is 0.886. The van der Waals surface area contributed by atoms with E-state index in [4.69, 9.17) is 5.11 Å². The molecule has 0 radical (unpaired) electrons. The van der Waals surface area contributed by atoms with Crippen LogP contribution in [-0.2, 0) is 10.5 Å². The topological polar surface area (TPSA) is 37.3 Å². The molecule has 0 saturated carbocycles. The third-order valence-corrected chi connectivity index (χ3v) is 2.51. The molecule has 0 aliphatic rings. The molecule has 1 N–H and O–H groups in total. The number of alkyl halides is 1. The Labute approximate surface area is 88.9 Å². The van der Waals surface area contributed by atoms with Crippen LogP contribution in [0.1, 0.15) is 12.5 Å². The SMILES string of the molecule is CC(F)(C(=O)O)c1ccc(I)cc1. The van der Waals surface area contributed by atoms with Crippen LogP contribution in [0.2, 0.25) is 0 Å². The zero-order valence-corrected chi connectivity index (χ0v) is 9.08. The van der Waals surface area contributed by atoms with Crippen molar-refractivity contribution in [1.82, 2.24) is 0 Å². The minimum atomic E-state index is -2.30. The van der Waals surface area contributed by atoms with Crippen LogP contribution in [-0.4, -0.2) is 11.1 Å². The van der Waals surface area contributed by atoms with Crippen molar-refractivity contribution in [1.29, 1.82) is 0 Å². The second kappa shape index (κ2) is 3.61. The Morgan fingerprint density at radius 3 is 2.31 bits per heavy atom. The lowest BCUT2D eigenvalue weighted by atomic mass is 9.98. The number of carboxylic acid groups (broad SMARTS) is 1. The quantitative estimate of drug-likeness (QED) is 0.851. The largest absolute Gasteiger partial charge is 0.479 e. The fourth-order valence-corrected chi connectivity index (χ4v) is 1.25. The van der Waals surface area contributed by atoms with E-state index in [1.165, 1.54) is 12.1 Å². The van der Waals surface area contributed by atoms with Crippen molar-refractivity contribution in [3.05, 3.63) is 33.4 Å². The van der Waals surface area contributed by atoms with Gasteiger partial charge in [0, 0.05) is 9.13 Å². The van der Waals surface area contributed by atoms with Crippen molar-refractivity contribution in [2.75, 3.05) is 0 Å². The molecule has 70 valence electrons. The Hall–Kier alpha value is -0.650. The van der Waals surface area contributed by atoms with E-state index in [2.05, 4.69) is 22.6 Å². The number of hydrogen-bond donors (Lipinski definition) is 1. The standard InChI is InChI=1S/C9H8FIO2/c1-9(10,8(12)13)6-2-4-7(11)5-3-6/h2-5H,1H3,(H,12,13). The molecule has 0 saturated heterocycles. The first-order valence-corrected chi connectivity index (χ1v) is 4.71. The van der Waals surface area contributed by atoms with E-state index >= 15 is 0 Å². The molecule has 13 heavy (non-hydrogen) atoms. The highest BCUT2D eigenvalue weighted by Crippen LogP contribution is 2.25. The molecule has 4 heteroatoms. The molecule has 0 amide bonds. The maximum Gasteiger partial charge on any atom is 0.345 e. The van der Waals surface area contributed by atoms with Crippen molar-refractivity contribution in [3.8, 4) is 0 Å². The van der Waals surface area contributed by atoms with Gasteiger partial charge in [-0.2, -0.15) is 0 Å². The Bertz CT molecular complexity index is 319. The van der Waals surface area contributed by atoms with E-state index in [1.807, 2.05) is 0 Å². The van der Waals surface area contributed by atoms with E-state index in [-0.39, 0.29) is 5.56 Å². The number of aliphatic carboxylic acids is 1. The Balaban J connectivity index is 3.08. The summed E-state index contributed by atoms with van der Waals surface area (Å²) >= 11 is 2.07. The van der Waals surface area contributed by atoms with Crippen LogP contribution in [0.5, 0.6) is 0 Å². The van der Waals surface area contributed by atoms with Gasteiger partial charge in [0.15, 0.2) is 0 Å². The van der Waals surface area contributed by atoms with E-state index in [1.54, 1.807) is 12.1 Å². The second-order valence-corrected chi connectivity index (χ2v) is 4.06. The smallest absolute Gasteiger partial charge is 0.345 e. The highest BCUT2D eigenvalue weighted by molar-refractivity contribution is 14.1. The lowest BCUT2D eigenvalue weighted by molar-refractivity contribution is -0.150. The van der Waals surface area contributed by atoms with Gasteiger partial charge in [-0.3, -0.25) is 0 Å². The van der Waals surface area contributed by atoms with E-state index in [0.29, 0.717) is 0 Å². The maximum atomic E-state index is 13.5. The highest BCUT2D eigenvalue weighted by atomic mass is 127. The lowest BCUT2D eigenvalue weighted by Crippen LogP contribution is -2.26. The van der Waals surface area contributed by atoms with Crippen molar-refractivity contribution in [2.45, 2.75) is 12.6 Å². The first-order chi connectivity index (χ1) is 5.94. The Morgan fingerprint density at radius 2 is 1.92 bits per heavy atom. The van der Waals surface area contributed by atoms with E-state index in [0.717, 1.165) is 10.5 Å². The predicted molar refractivity (Wildman–Crippen MR) is 55.3 cm³/mol. The molecule has 0 spiro atoms. The van der Waals surface area contributed by atoms with Gasteiger partial charge in [0.25, 0.3) is 0 Å². The van der Waals surface area contributed by atoms with Crippen LogP contribution in [0.15, 0.2) is 24.3 Å². The summed E-state index contributed by atoms with van der Waals surface area (Å²) in [7, 11) is 0. The minimum absolute atomic E-state index is 0.167. The molecular weight excluding hydrogens is 286 g/mol. The van der Waals surface area contributed by atoms with Gasteiger partial charge in [-0.05, 0) is 41.6 Å². The number of halogens is 2. The van der Waals surface area contributed by atoms with Crippen molar-refractivity contribution in [2.24, 2.45) is 0 Å². The lowest BCUT2D eigenvalue weighted by Gasteiger charge is -2.14. The zero-order valence-electron chi connectivity index (χ0n) is 6.92. The summed E-state index contributed by atoms with van der Waals surface area (Å²) in [6.07, 6.45) is 0. The van der Waals surface area contributed by atoms with Crippen LogP contribution in [0, 0.1) is 3.57 Å². The summed E-state index contributed by atoms with van der Waals surface area (Å²) in [5.41, 5.74) is -2.13. The molecular formula is C9H8FIO2. The molecule has 2 nitrogen and oxygen atoms in total. The monoisotopic (exact) mass is 294 g/mol. The number of benzene rings is 1. The first-order valence-electron chi connectivity index (χ1n) is 3.63. The molecule has 0 aliphatic heterocycles. The van der Waals surface area contributed by atoms with Gasteiger partial charge in [-0.25, -0.2) is 9.18 Å². The summed E-state index contributed by atoms with van der Waals surface area (Å²) < 4.78 is 14.4. The Kier molecular flexibility index (Phi) is 2.90. The summed E-state index contributed by atoms with van der Waals surface area (Å²) in [5, 5.41) is 8.59. The molecule has 0 bridgehead atoms. The molecule has 1 unspecified atom stereocenters. The predicted octanol–water partition coefficient (Wildman–Crippen LogP) is 2.56. The Morgan fingerprint density at radius 1 is 1.46 bits per heavy atom. The number of carboxylic acids is 1. The van der Waals surface area contributed by atoms with Crippen molar-refractivity contribution < 1.29 is 14.3 Å². The van der Waals surface area contributed by atoms with Gasteiger partial charge in [-0.15, -0.1) is 0 Å². The number of carbonyl (C=O) groups is 1. The van der Waals surface area contributed by atoms with Crippen LogP contribution in [0.25, 0.3) is 0 Å². The fraction of sp³-hybridized carbons (Fsp3) is 0.222. The summed E-state index contributed by atoms with van der Waals surface area (Å²) in [6, 6.07) is 6.32. The normalized spacial score (nSPS) is 15.0. The number of rotatable bonds is 2. The first kappa shape index (κ1) is 10.4. The van der Waals surface area contributed by atoms with Gasteiger partial charge >= 0.3 is 5.97 Å². The molecule has 1 aromatic rings. The highest BCUT2D eigenvalue weighted by Gasteiger charge is 2.34. The summed E-state index contributed by atoms with van der Waals surface area (Å²) in [6.45, 7) is 1.04. The third-order valence-electron chi connectivity index (χ3n) is 1.79. The molecule has 1 aromatic carbocycles. The molecule has 0 aromatic heterocycles. The maximum absolute atomic E-state index is 13.5.